The zero-order valence-corrected chi connectivity index (χ0v) is 12.7. The predicted octanol–water partition coefficient (Wildman–Crippen LogP) is 3.08. The predicted molar refractivity (Wildman–Crippen MR) is 84.8 cm³/mol. The van der Waals surface area contributed by atoms with E-state index in [9.17, 15) is 9.59 Å². The van der Waals surface area contributed by atoms with Crippen molar-refractivity contribution in [3.8, 4) is 0 Å². The smallest absolute Gasteiger partial charge is 0.241 e. The Morgan fingerprint density at radius 3 is 2.48 bits per heavy atom. The van der Waals surface area contributed by atoms with Gasteiger partial charge >= 0.3 is 0 Å². The number of rotatable bonds is 2. The minimum atomic E-state index is -0.407. The second-order valence-electron chi connectivity index (χ2n) is 4.94. The van der Waals surface area contributed by atoms with E-state index in [-0.39, 0.29) is 18.2 Å². The van der Waals surface area contributed by atoms with Gasteiger partial charge in [-0.25, -0.2) is 4.90 Å². The molecule has 1 heterocycles. The molecule has 0 radical (unpaired) electrons. The number of hydrogen-bond donors (Lipinski definition) is 1. The van der Waals surface area contributed by atoms with E-state index in [1.165, 1.54) is 4.90 Å². The summed E-state index contributed by atoms with van der Waals surface area (Å²) in [5.41, 5.74) is 7.72. The minimum Gasteiger partial charge on any atom is -0.398 e. The number of benzene rings is 2. The second kappa shape index (κ2) is 5.33. The van der Waals surface area contributed by atoms with Crippen LogP contribution in [0.5, 0.6) is 0 Å². The van der Waals surface area contributed by atoms with E-state index < -0.39 is 5.92 Å². The van der Waals surface area contributed by atoms with Crippen molar-refractivity contribution >= 4 is 39.1 Å². The molecule has 0 spiro atoms. The van der Waals surface area contributed by atoms with Gasteiger partial charge in [-0.15, -0.1) is 0 Å². The van der Waals surface area contributed by atoms with E-state index in [2.05, 4.69) is 15.9 Å². The SMILES string of the molecule is Nc1ccc(N2C(=O)CC(c3ccccc3)C2=O)cc1Br. The Balaban J connectivity index is 1.96. The molecule has 0 aromatic heterocycles. The lowest BCUT2D eigenvalue weighted by atomic mass is 9.98. The average molecular weight is 345 g/mol. The van der Waals surface area contributed by atoms with Gasteiger partial charge in [-0.3, -0.25) is 9.59 Å². The molecular weight excluding hydrogens is 332 g/mol. The van der Waals surface area contributed by atoms with Crippen LogP contribution in [0.2, 0.25) is 0 Å². The van der Waals surface area contributed by atoms with Crippen molar-refractivity contribution in [1.82, 2.24) is 0 Å². The molecule has 2 aromatic carbocycles. The quantitative estimate of drug-likeness (QED) is 0.672. The number of amides is 2. The number of nitrogen functional groups attached to an aromatic ring is 1. The van der Waals surface area contributed by atoms with Crippen LogP contribution in [-0.2, 0) is 9.59 Å². The monoisotopic (exact) mass is 344 g/mol. The largest absolute Gasteiger partial charge is 0.398 e. The van der Waals surface area contributed by atoms with Crippen molar-refractivity contribution in [2.45, 2.75) is 12.3 Å². The number of halogens is 1. The van der Waals surface area contributed by atoms with Gasteiger partial charge < -0.3 is 5.73 Å². The van der Waals surface area contributed by atoms with Crippen LogP contribution in [0.3, 0.4) is 0 Å². The minimum absolute atomic E-state index is 0.189. The van der Waals surface area contributed by atoms with Crippen LogP contribution in [0.1, 0.15) is 17.9 Å². The van der Waals surface area contributed by atoms with E-state index in [1.807, 2.05) is 30.3 Å². The third kappa shape index (κ3) is 2.45. The zero-order chi connectivity index (χ0) is 15.0. The van der Waals surface area contributed by atoms with Gasteiger partial charge in [0.15, 0.2) is 0 Å². The molecule has 1 unspecified atom stereocenters. The molecule has 4 nitrogen and oxygen atoms in total. The van der Waals surface area contributed by atoms with Gasteiger partial charge in [0.2, 0.25) is 11.8 Å². The van der Waals surface area contributed by atoms with Gasteiger partial charge in [-0.05, 0) is 39.7 Å². The first kappa shape index (κ1) is 13.8. The number of nitrogens with zero attached hydrogens (tertiary/aromatic N) is 1. The van der Waals surface area contributed by atoms with Gasteiger partial charge in [0.25, 0.3) is 0 Å². The molecule has 2 amide bonds. The molecule has 0 aliphatic carbocycles. The van der Waals surface area contributed by atoms with Crippen molar-refractivity contribution in [1.29, 1.82) is 0 Å². The van der Waals surface area contributed by atoms with Gasteiger partial charge in [0.05, 0.1) is 11.6 Å². The molecule has 5 heteroatoms. The lowest BCUT2D eigenvalue weighted by Gasteiger charge is -2.16. The fraction of sp³-hybridized carbons (Fsp3) is 0.125. The highest BCUT2D eigenvalue weighted by Gasteiger charge is 2.40. The molecule has 2 N–H and O–H groups in total. The van der Waals surface area contributed by atoms with Gasteiger partial charge in [0.1, 0.15) is 0 Å². The van der Waals surface area contributed by atoms with E-state index in [1.54, 1.807) is 18.2 Å². The van der Waals surface area contributed by atoms with E-state index in [0.717, 1.165) is 5.56 Å². The molecule has 21 heavy (non-hydrogen) atoms. The molecular formula is C16H13BrN2O2. The summed E-state index contributed by atoms with van der Waals surface area (Å²) in [6, 6.07) is 14.4. The summed E-state index contributed by atoms with van der Waals surface area (Å²) in [6.45, 7) is 0. The summed E-state index contributed by atoms with van der Waals surface area (Å²) in [5.74, 6) is -0.788. The Labute approximate surface area is 130 Å². The second-order valence-corrected chi connectivity index (χ2v) is 5.79. The summed E-state index contributed by atoms with van der Waals surface area (Å²) < 4.78 is 0.670. The number of carbonyl (C=O) groups is 2. The highest BCUT2D eigenvalue weighted by molar-refractivity contribution is 9.10. The molecule has 1 aliphatic rings. The summed E-state index contributed by atoms with van der Waals surface area (Å²) in [4.78, 5) is 26.0. The Morgan fingerprint density at radius 1 is 1.10 bits per heavy atom. The fourth-order valence-electron chi connectivity index (χ4n) is 2.50. The number of carbonyl (C=O) groups excluding carboxylic acids is 2. The maximum Gasteiger partial charge on any atom is 0.241 e. The average Bonchev–Trinajstić information content (AvgIpc) is 2.78. The summed E-state index contributed by atoms with van der Waals surface area (Å²) in [7, 11) is 0. The molecule has 1 saturated heterocycles. The Kier molecular flexibility index (Phi) is 3.51. The zero-order valence-electron chi connectivity index (χ0n) is 11.1. The summed E-state index contributed by atoms with van der Waals surface area (Å²) >= 11 is 3.32. The highest BCUT2D eigenvalue weighted by Crippen LogP contribution is 2.35. The maximum absolute atomic E-state index is 12.6. The standard InChI is InChI=1S/C16H13BrN2O2/c17-13-8-11(6-7-14(13)18)19-15(20)9-12(16(19)21)10-4-2-1-3-5-10/h1-8,12H,9,18H2. The Bertz CT molecular complexity index is 715. The molecule has 0 saturated carbocycles. The Hall–Kier alpha value is -2.14. The van der Waals surface area contributed by atoms with E-state index in [4.69, 9.17) is 5.73 Å². The van der Waals surface area contributed by atoms with Crippen molar-refractivity contribution in [2.75, 3.05) is 10.6 Å². The highest BCUT2D eigenvalue weighted by atomic mass is 79.9. The first-order valence-electron chi connectivity index (χ1n) is 6.54. The first-order valence-corrected chi connectivity index (χ1v) is 7.34. The maximum atomic E-state index is 12.6. The van der Waals surface area contributed by atoms with Crippen LogP contribution in [0.4, 0.5) is 11.4 Å². The Morgan fingerprint density at radius 2 is 1.81 bits per heavy atom. The van der Waals surface area contributed by atoms with Crippen molar-refractivity contribution in [3.63, 3.8) is 0 Å². The van der Waals surface area contributed by atoms with Crippen LogP contribution in [0, 0.1) is 0 Å². The molecule has 106 valence electrons. The van der Waals surface area contributed by atoms with Crippen molar-refractivity contribution < 1.29 is 9.59 Å². The fourth-order valence-corrected chi connectivity index (χ4v) is 2.87. The topological polar surface area (TPSA) is 63.4 Å². The summed E-state index contributed by atoms with van der Waals surface area (Å²) in [5, 5.41) is 0. The van der Waals surface area contributed by atoms with Crippen molar-refractivity contribution in [3.05, 3.63) is 58.6 Å². The number of anilines is 2. The molecule has 1 fully saturated rings. The molecule has 0 bridgehead atoms. The molecule has 3 rings (SSSR count). The number of nitrogens with two attached hydrogens (primary N) is 1. The van der Waals surface area contributed by atoms with Gasteiger partial charge in [-0.1, -0.05) is 30.3 Å². The molecule has 1 aliphatic heterocycles. The normalized spacial score (nSPS) is 18.3. The van der Waals surface area contributed by atoms with Crippen LogP contribution in [0.15, 0.2) is 53.0 Å². The lowest BCUT2D eigenvalue weighted by molar-refractivity contribution is -0.121. The molecule has 1 atom stereocenters. The van der Waals surface area contributed by atoms with Crippen LogP contribution >= 0.6 is 15.9 Å². The third-order valence-corrected chi connectivity index (χ3v) is 4.28. The third-order valence-electron chi connectivity index (χ3n) is 3.59. The van der Waals surface area contributed by atoms with E-state index >= 15 is 0 Å². The molecule has 2 aromatic rings. The van der Waals surface area contributed by atoms with Crippen LogP contribution in [0.25, 0.3) is 0 Å². The first-order chi connectivity index (χ1) is 10.1. The number of imide groups is 1. The van der Waals surface area contributed by atoms with E-state index in [0.29, 0.717) is 15.8 Å². The summed E-state index contributed by atoms with van der Waals surface area (Å²) in [6.07, 6.45) is 0.199. The van der Waals surface area contributed by atoms with Gasteiger partial charge in [-0.2, -0.15) is 0 Å². The number of hydrogen-bond acceptors (Lipinski definition) is 3. The van der Waals surface area contributed by atoms with Crippen LogP contribution in [-0.4, -0.2) is 11.8 Å². The van der Waals surface area contributed by atoms with Gasteiger partial charge in [0, 0.05) is 16.6 Å². The van der Waals surface area contributed by atoms with Crippen LogP contribution < -0.4 is 10.6 Å². The van der Waals surface area contributed by atoms with Crippen molar-refractivity contribution in [2.24, 2.45) is 0 Å². The lowest BCUT2D eigenvalue weighted by Crippen LogP contribution is -2.30.